The largest absolute Gasteiger partial charge is 0.389 e. The zero-order chi connectivity index (χ0) is 10.7. The molecular formula is C12H18O3. The first kappa shape index (κ1) is 10.9. The maximum Gasteiger partial charge on any atom is 0.169 e. The predicted octanol–water partition coefficient (Wildman–Crippen LogP) is 1.45. The first-order chi connectivity index (χ1) is 7.26. The van der Waals surface area contributed by atoms with Crippen molar-refractivity contribution in [3.05, 3.63) is 0 Å². The third kappa shape index (κ3) is 2.34. The molecule has 0 bridgehead atoms. The van der Waals surface area contributed by atoms with Crippen LogP contribution in [0.25, 0.3) is 0 Å². The quantitative estimate of drug-likeness (QED) is 0.701. The van der Waals surface area contributed by atoms with Gasteiger partial charge < -0.3 is 14.6 Å². The summed E-state index contributed by atoms with van der Waals surface area (Å²) in [5, 5.41) is 9.72. The highest BCUT2D eigenvalue weighted by Gasteiger charge is 2.44. The van der Waals surface area contributed by atoms with Gasteiger partial charge in [-0.05, 0) is 12.8 Å². The number of terminal acetylenes is 1. The van der Waals surface area contributed by atoms with Crippen LogP contribution in [0.4, 0.5) is 0 Å². The van der Waals surface area contributed by atoms with E-state index < -0.39 is 11.9 Å². The van der Waals surface area contributed by atoms with E-state index in [2.05, 4.69) is 5.92 Å². The highest BCUT2D eigenvalue weighted by molar-refractivity contribution is 4.92. The lowest BCUT2D eigenvalue weighted by Crippen LogP contribution is -2.35. The van der Waals surface area contributed by atoms with Crippen molar-refractivity contribution in [3.8, 4) is 12.3 Å². The second-order valence-corrected chi connectivity index (χ2v) is 4.41. The van der Waals surface area contributed by atoms with Gasteiger partial charge in [0.1, 0.15) is 6.10 Å². The van der Waals surface area contributed by atoms with Crippen LogP contribution >= 0.6 is 0 Å². The van der Waals surface area contributed by atoms with Gasteiger partial charge in [0.2, 0.25) is 0 Å². The van der Waals surface area contributed by atoms with Gasteiger partial charge in [-0.15, -0.1) is 12.3 Å². The van der Waals surface area contributed by atoms with Crippen LogP contribution in [0, 0.1) is 12.3 Å². The lowest BCUT2D eigenvalue weighted by atomic mass is 9.94. The summed E-state index contributed by atoms with van der Waals surface area (Å²) >= 11 is 0. The molecule has 1 aliphatic carbocycles. The van der Waals surface area contributed by atoms with Gasteiger partial charge in [0.15, 0.2) is 5.79 Å². The molecule has 0 aromatic rings. The maximum atomic E-state index is 9.72. The summed E-state index contributed by atoms with van der Waals surface area (Å²) in [4.78, 5) is 0. The van der Waals surface area contributed by atoms with Crippen LogP contribution in [-0.2, 0) is 9.47 Å². The number of aliphatic hydroxyl groups excluding tert-OH is 1. The molecule has 1 spiro atoms. The van der Waals surface area contributed by atoms with Crippen LogP contribution in [0.5, 0.6) is 0 Å². The standard InChI is InChI=1S/C12H18O3/c1-2-6-10(13)11-9-14-12(15-11)7-4-3-5-8-12/h1,10-11,13H,3-9H2/t10-,11-/m1/s1. The Morgan fingerprint density at radius 2 is 2.13 bits per heavy atom. The topological polar surface area (TPSA) is 38.7 Å². The SMILES string of the molecule is C#CC[C@@H](O)[C@H]1COC2(CCCCC2)O1. The molecule has 1 N–H and O–H groups in total. The van der Waals surface area contributed by atoms with Gasteiger partial charge in [-0.2, -0.15) is 0 Å². The number of aliphatic hydroxyl groups is 1. The normalized spacial score (nSPS) is 31.3. The molecule has 0 amide bonds. The van der Waals surface area contributed by atoms with Crippen molar-refractivity contribution in [2.24, 2.45) is 0 Å². The number of rotatable bonds is 2. The van der Waals surface area contributed by atoms with E-state index in [0.29, 0.717) is 13.0 Å². The van der Waals surface area contributed by atoms with Crippen molar-refractivity contribution >= 4 is 0 Å². The lowest BCUT2D eigenvalue weighted by molar-refractivity contribution is -0.195. The van der Waals surface area contributed by atoms with E-state index in [4.69, 9.17) is 15.9 Å². The number of ether oxygens (including phenoxy) is 2. The molecule has 1 saturated carbocycles. The molecule has 2 fully saturated rings. The van der Waals surface area contributed by atoms with Gasteiger partial charge in [0.05, 0.1) is 12.7 Å². The summed E-state index contributed by atoms with van der Waals surface area (Å²) in [6.45, 7) is 0.475. The Labute approximate surface area is 90.8 Å². The highest BCUT2D eigenvalue weighted by atomic mass is 16.7. The fourth-order valence-electron chi connectivity index (χ4n) is 2.37. The van der Waals surface area contributed by atoms with Crippen molar-refractivity contribution in [2.45, 2.75) is 56.5 Å². The molecular weight excluding hydrogens is 192 g/mol. The first-order valence-corrected chi connectivity index (χ1v) is 5.69. The first-order valence-electron chi connectivity index (χ1n) is 5.69. The Morgan fingerprint density at radius 3 is 2.80 bits per heavy atom. The molecule has 1 aliphatic heterocycles. The fourth-order valence-corrected chi connectivity index (χ4v) is 2.37. The molecule has 1 heterocycles. The maximum absolute atomic E-state index is 9.72. The van der Waals surface area contributed by atoms with Gasteiger partial charge in [0.25, 0.3) is 0 Å². The van der Waals surface area contributed by atoms with Crippen molar-refractivity contribution in [3.63, 3.8) is 0 Å². The summed E-state index contributed by atoms with van der Waals surface area (Å²) in [7, 11) is 0. The molecule has 0 radical (unpaired) electrons. The third-order valence-corrected chi connectivity index (χ3v) is 3.25. The molecule has 15 heavy (non-hydrogen) atoms. The Morgan fingerprint density at radius 1 is 1.40 bits per heavy atom. The third-order valence-electron chi connectivity index (χ3n) is 3.25. The van der Waals surface area contributed by atoms with Crippen molar-refractivity contribution in [1.29, 1.82) is 0 Å². The molecule has 0 aromatic carbocycles. The van der Waals surface area contributed by atoms with Gasteiger partial charge in [-0.25, -0.2) is 0 Å². The minimum Gasteiger partial charge on any atom is -0.389 e. The van der Waals surface area contributed by atoms with Crippen LogP contribution in [0.2, 0.25) is 0 Å². The van der Waals surface area contributed by atoms with E-state index in [1.807, 2.05) is 0 Å². The average Bonchev–Trinajstić information content (AvgIpc) is 2.64. The van der Waals surface area contributed by atoms with E-state index in [1.165, 1.54) is 6.42 Å². The van der Waals surface area contributed by atoms with Crippen molar-refractivity contribution < 1.29 is 14.6 Å². The number of hydrogen-bond acceptors (Lipinski definition) is 3. The molecule has 2 aliphatic rings. The summed E-state index contributed by atoms with van der Waals surface area (Å²) in [5.74, 6) is 2.05. The molecule has 3 nitrogen and oxygen atoms in total. The van der Waals surface area contributed by atoms with Gasteiger partial charge in [-0.1, -0.05) is 6.42 Å². The van der Waals surface area contributed by atoms with Gasteiger partial charge >= 0.3 is 0 Å². The van der Waals surface area contributed by atoms with Crippen molar-refractivity contribution in [2.75, 3.05) is 6.61 Å². The lowest BCUT2D eigenvalue weighted by Gasteiger charge is -2.32. The summed E-state index contributed by atoms with van der Waals surface area (Å²) in [5.41, 5.74) is 0. The Balaban J connectivity index is 1.90. The van der Waals surface area contributed by atoms with E-state index in [-0.39, 0.29) is 6.10 Å². The Kier molecular flexibility index (Phi) is 3.30. The van der Waals surface area contributed by atoms with E-state index in [9.17, 15) is 5.11 Å². The van der Waals surface area contributed by atoms with Crippen LogP contribution in [-0.4, -0.2) is 29.7 Å². The van der Waals surface area contributed by atoms with E-state index in [0.717, 1.165) is 25.7 Å². The van der Waals surface area contributed by atoms with Crippen LogP contribution in [0.15, 0.2) is 0 Å². The second kappa shape index (κ2) is 4.52. The highest BCUT2D eigenvalue weighted by Crippen LogP contribution is 2.38. The summed E-state index contributed by atoms with van der Waals surface area (Å²) < 4.78 is 11.5. The molecule has 84 valence electrons. The number of hydrogen-bond donors (Lipinski definition) is 1. The molecule has 0 unspecified atom stereocenters. The average molecular weight is 210 g/mol. The summed E-state index contributed by atoms with van der Waals surface area (Å²) in [6.07, 6.45) is 10.1. The summed E-state index contributed by atoms with van der Waals surface area (Å²) in [6, 6.07) is 0. The second-order valence-electron chi connectivity index (χ2n) is 4.41. The predicted molar refractivity (Wildman–Crippen MR) is 56.1 cm³/mol. The molecule has 0 aromatic heterocycles. The van der Waals surface area contributed by atoms with E-state index in [1.54, 1.807) is 0 Å². The Bertz CT molecular complexity index is 250. The smallest absolute Gasteiger partial charge is 0.169 e. The molecule has 2 rings (SSSR count). The molecule has 3 heteroatoms. The van der Waals surface area contributed by atoms with Crippen LogP contribution in [0.1, 0.15) is 38.5 Å². The van der Waals surface area contributed by atoms with Crippen LogP contribution < -0.4 is 0 Å². The fraction of sp³-hybridized carbons (Fsp3) is 0.833. The van der Waals surface area contributed by atoms with Crippen molar-refractivity contribution in [1.82, 2.24) is 0 Å². The Hall–Kier alpha value is -0.560. The minimum atomic E-state index is -0.587. The van der Waals surface area contributed by atoms with E-state index >= 15 is 0 Å². The minimum absolute atomic E-state index is 0.237. The van der Waals surface area contributed by atoms with Gasteiger partial charge in [-0.3, -0.25) is 0 Å². The molecule has 1 saturated heterocycles. The zero-order valence-electron chi connectivity index (χ0n) is 8.95. The van der Waals surface area contributed by atoms with Gasteiger partial charge in [0, 0.05) is 19.3 Å². The molecule has 2 atom stereocenters. The zero-order valence-corrected chi connectivity index (χ0v) is 8.95. The monoisotopic (exact) mass is 210 g/mol. The van der Waals surface area contributed by atoms with Crippen LogP contribution in [0.3, 0.4) is 0 Å².